The van der Waals surface area contributed by atoms with E-state index in [-0.39, 0.29) is 0 Å². The molecule has 2 saturated carbocycles. The summed E-state index contributed by atoms with van der Waals surface area (Å²) in [6.45, 7) is 7.28. The molecule has 2 bridgehead atoms. The molecule has 4 N–H and O–H groups in total. The lowest BCUT2D eigenvalue weighted by atomic mass is 9.69. The molecule has 3 atom stereocenters. The quantitative estimate of drug-likeness (QED) is 0.791. The first-order valence-corrected chi connectivity index (χ1v) is 7.76. The van der Waals surface area contributed by atoms with Gasteiger partial charge in [-0.1, -0.05) is 20.8 Å². The summed E-state index contributed by atoms with van der Waals surface area (Å²) in [7, 11) is 0. The maximum Gasteiger partial charge on any atom is 0.316 e. The van der Waals surface area contributed by atoms with E-state index in [9.17, 15) is 4.79 Å². The third-order valence-corrected chi connectivity index (χ3v) is 6.29. The number of fused-ring (bicyclic) bond motifs is 2. The Morgan fingerprint density at radius 2 is 1.81 bits per heavy atom. The highest BCUT2D eigenvalue weighted by Gasteiger charge is 2.61. The second-order valence-corrected chi connectivity index (χ2v) is 7.37. The second-order valence-electron chi connectivity index (χ2n) is 7.37. The van der Waals surface area contributed by atoms with Crippen LogP contribution in [0.4, 0.5) is 16.2 Å². The summed E-state index contributed by atoms with van der Waals surface area (Å²) < 4.78 is 0. The van der Waals surface area contributed by atoms with Gasteiger partial charge in [0.2, 0.25) is 0 Å². The van der Waals surface area contributed by atoms with Crippen LogP contribution in [0.2, 0.25) is 0 Å². The third-order valence-electron chi connectivity index (χ3n) is 6.29. The monoisotopic (exact) mass is 287 g/mol. The molecule has 0 spiro atoms. The number of urea groups is 1. The van der Waals surface area contributed by atoms with Crippen LogP contribution >= 0.6 is 0 Å². The van der Waals surface area contributed by atoms with E-state index in [2.05, 4.69) is 31.4 Å². The number of hydrogen-bond acceptors (Lipinski definition) is 2. The van der Waals surface area contributed by atoms with Gasteiger partial charge in [-0.15, -0.1) is 0 Å². The highest BCUT2D eigenvalue weighted by atomic mass is 16.2. The normalized spacial score (nSPS) is 32.9. The molecular formula is C17H25N3O. The Balaban J connectivity index is 1.72. The SMILES string of the molecule is CC1(C)C2CCC1(C)C(Nc1ccc(NC(N)=O)cc1)C2. The van der Waals surface area contributed by atoms with Crippen LogP contribution in [0, 0.1) is 16.7 Å². The van der Waals surface area contributed by atoms with Gasteiger partial charge in [-0.3, -0.25) is 0 Å². The molecule has 0 saturated heterocycles. The number of rotatable bonds is 3. The molecule has 0 aliphatic heterocycles. The Labute approximate surface area is 126 Å². The molecule has 1 aromatic carbocycles. The molecule has 3 unspecified atom stereocenters. The second kappa shape index (κ2) is 4.65. The maximum absolute atomic E-state index is 10.8. The van der Waals surface area contributed by atoms with Crippen molar-refractivity contribution < 1.29 is 4.79 Å². The molecule has 0 radical (unpaired) electrons. The molecule has 2 aliphatic rings. The predicted octanol–water partition coefficient (Wildman–Crippen LogP) is 3.80. The number of benzene rings is 1. The van der Waals surface area contributed by atoms with Crippen LogP contribution in [0.3, 0.4) is 0 Å². The number of primary amides is 1. The van der Waals surface area contributed by atoms with E-state index < -0.39 is 6.03 Å². The maximum atomic E-state index is 10.8. The highest BCUT2D eigenvalue weighted by molar-refractivity contribution is 5.87. The zero-order valence-corrected chi connectivity index (χ0v) is 13.1. The van der Waals surface area contributed by atoms with Gasteiger partial charge in [0.25, 0.3) is 0 Å². The van der Waals surface area contributed by atoms with E-state index in [0.717, 1.165) is 17.3 Å². The highest BCUT2D eigenvalue weighted by Crippen LogP contribution is 2.65. The van der Waals surface area contributed by atoms with E-state index in [1.165, 1.54) is 19.3 Å². The summed E-state index contributed by atoms with van der Waals surface area (Å²) in [4.78, 5) is 10.8. The third kappa shape index (κ3) is 2.17. The zero-order chi connectivity index (χ0) is 15.3. The number of carbonyl (C=O) groups excluding carboxylic acids is 1. The molecule has 21 heavy (non-hydrogen) atoms. The average Bonchev–Trinajstić information content (AvgIpc) is 2.73. The number of nitrogens with one attached hydrogen (secondary N) is 2. The molecule has 3 rings (SSSR count). The Hall–Kier alpha value is -1.71. The number of anilines is 2. The van der Waals surface area contributed by atoms with Crippen molar-refractivity contribution in [3.8, 4) is 0 Å². The molecule has 2 aliphatic carbocycles. The average molecular weight is 287 g/mol. The molecule has 2 fully saturated rings. The van der Waals surface area contributed by atoms with Gasteiger partial charge in [0.15, 0.2) is 0 Å². The van der Waals surface area contributed by atoms with Gasteiger partial charge in [0, 0.05) is 17.4 Å². The van der Waals surface area contributed by atoms with Gasteiger partial charge in [-0.25, -0.2) is 4.79 Å². The molecule has 2 amide bonds. The van der Waals surface area contributed by atoms with Crippen LogP contribution in [0.1, 0.15) is 40.0 Å². The molecule has 4 heteroatoms. The van der Waals surface area contributed by atoms with Crippen LogP contribution in [-0.2, 0) is 0 Å². The molecule has 0 heterocycles. The summed E-state index contributed by atoms with van der Waals surface area (Å²) in [6.07, 6.45) is 3.93. The van der Waals surface area contributed by atoms with Crippen molar-refractivity contribution in [2.24, 2.45) is 22.5 Å². The minimum absolute atomic E-state index is 0.363. The van der Waals surface area contributed by atoms with Crippen molar-refractivity contribution in [1.29, 1.82) is 0 Å². The van der Waals surface area contributed by atoms with Gasteiger partial charge in [-0.2, -0.15) is 0 Å². The number of carbonyl (C=O) groups is 1. The molecular weight excluding hydrogens is 262 g/mol. The largest absolute Gasteiger partial charge is 0.382 e. The first-order chi connectivity index (χ1) is 9.83. The van der Waals surface area contributed by atoms with Crippen LogP contribution in [0.15, 0.2) is 24.3 Å². The number of amides is 2. The van der Waals surface area contributed by atoms with Crippen LogP contribution in [0.5, 0.6) is 0 Å². The van der Waals surface area contributed by atoms with Gasteiger partial charge in [0.1, 0.15) is 0 Å². The molecule has 1 aromatic rings. The molecule has 0 aromatic heterocycles. The summed E-state index contributed by atoms with van der Waals surface area (Å²) in [6, 6.07) is 7.78. The summed E-state index contributed by atoms with van der Waals surface area (Å²) in [5.74, 6) is 0.829. The number of hydrogen-bond donors (Lipinski definition) is 3. The first kappa shape index (κ1) is 14.2. The Bertz CT molecular complexity index is 552. The molecule has 4 nitrogen and oxygen atoms in total. The van der Waals surface area contributed by atoms with Crippen molar-refractivity contribution in [2.75, 3.05) is 10.6 Å². The van der Waals surface area contributed by atoms with Crippen molar-refractivity contribution in [2.45, 2.75) is 46.1 Å². The van der Waals surface area contributed by atoms with Crippen molar-refractivity contribution in [3.05, 3.63) is 24.3 Å². The Morgan fingerprint density at radius 1 is 1.19 bits per heavy atom. The fraction of sp³-hybridized carbons (Fsp3) is 0.588. The van der Waals surface area contributed by atoms with E-state index >= 15 is 0 Å². The number of nitrogens with two attached hydrogens (primary N) is 1. The van der Waals surface area contributed by atoms with Gasteiger partial charge in [-0.05, 0) is 60.3 Å². The minimum Gasteiger partial charge on any atom is -0.382 e. The van der Waals surface area contributed by atoms with Crippen molar-refractivity contribution >= 4 is 17.4 Å². The fourth-order valence-corrected chi connectivity index (χ4v) is 4.42. The first-order valence-electron chi connectivity index (χ1n) is 7.76. The topological polar surface area (TPSA) is 67.2 Å². The van der Waals surface area contributed by atoms with Crippen LogP contribution < -0.4 is 16.4 Å². The zero-order valence-electron chi connectivity index (χ0n) is 13.1. The predicted molar refractivity (Wildman–Crippen MR) is 86.3 cm³/mol. The van der Waals surface area contributed by atoms with Gasteiger partial charge >= 0.3 is 6.03 Å². The fourth-order valence-electron chi connectivity index (χ4n) is 4.42. The summed E-state index contributed by atoms with van der Waals surface area (Å²) >= 11 is 0. The van der Waals surface area contributed by atoms with E-state index in [1.54, 1.807) is 0 Å². The Morgan fingerprint density at radius 3 is 2.29 bits per heavy atom. The van der Waals surface area contributed by atoms with E-state index in [1.807, 2.05) is 24.3 Å². The lowest BCUT2D eigenvalue weighted by Crippen LogP contribution is -2.40. The Kier molecular flexibility index (Phi) is 3.15. The van der Waals surface area contributed by atoms with Crippen LogP contribution in [-0.4, -0.2) is 12.1 Å². The summed E-state index contributed by atoms with van der Waals surface area (Å²) in [5.41, 5.74) is 7.73. The lowest BCUT2D eigenvalue weighted by molar-refractivity contribution is 0.142. The van der Waals surface area contributed by atoms with Crippen molar-refractivity contribution in [1.82, 2.24) is 0 Å². The van der Waals surface area contributed by atoms with E-state index in [0.29, 0.717) is 16.9 Å². The van der Waals surface area contributed by atoms with Gasteiger partial charge in [0.05, 0.1) is 0 Å². The molecule has 114 valence electrons. The summed E-state index contributed by atoms with van der Waals surface area (Å²) in [5, 5.41) is 6.29. The van der Waals surface area contributed by atoms with Gasteiger partial charge < -0.3 is 16.4 Å². The smallest absolute Gasteiger partial charge is 0.316 e. The van der Waals surface area contributed by atoms with Crippen molar-refractivity contribution in [3.63, 3.8) is 0 Å². The standard InChI is InChI=1S/C17H25N3O/c1-16(2)11-8-9-17(16,3)14(10-11)19-12-4-6-13(7-5-12)20-15(18)21/h4-7,11,14,19H,8-10H2,1-3H3,(H3,18,20,21). The van der Waals surface area contributed by atoms with E-state index in [4.69, 9.17) is 5.73 Å². The minimum atomic E-state index is -0.530. The lowest BCUT2D eigenvalue weighted by Gasteiger charge is -2.40. The van der Waals surface area contributed by atoms with Crippen LogP contribution in [0.25, 0.3) is 0 Å².